The molecule has 2 aromatic carbocycles. The summed E-state index contributed by atoms with van der Waals surface area (Å²) in [5.74, 6) is -0.157. The Morgan fingerprint density at radius 1 is 0.897 bits per heavy atom. The third-order valence-corrected chi connectivity index (χ3v) is 8.10. The Morgan fingerprint density at radius 3 is 2.21 bits per heavy atom. The van der Waals surface area contributed by atoms with Crippen LogP contribution in [-0.4, -0.2) is 72.5 Å². The van der Waals surface area contributed by atoms with Gasteiger partial charge >= 0.3 is 0 Å². The molecule has 0 spiro atoms. The predicted octanol–water partition coefficient (Wildman–Crippen LogP) is 5.36. The Kier molecular flexibility index (Phi) is 9.94. The van der Waals surface area contributed by atoms with Crippen molar-refractivity contribution in [2.75, 3.05) is 45.9 Å². The molecule has 1 saturated heterocycles. The summed E-state index contributed by atoms with van der Waals surface area (Å²) in [6, 6.07) is 22.1. The van der Waals surface area contributed by atoms with E-state index < -0.39 is 0 Å². The number of hydrogen-bond donors (Lipinski definition) is 0. The van der Waals surface area contributed by atoms with E-state index in [9.17, 15) is 9.59 Å². The van der Waals surface area contributed by atoms with Gasteiger partial charge in [0.2, 0.25) is 5.91 Å². The maximum absolute atomic E-state index is 13.8. The molecule has 1 aliphatic heterocycles. The molecule has 0 N–H and O–H groups in total. The largest absolute Gasteiger partial charge is 0.379 e. The molecular formula is C32H41N3O3S. The number of amides is 2. The van der Waals surface area contributed by atoms with Crippen molar-refractivity contribution in [2.24, 2.45) is 0 Å². The van der Waals surface area contributed by atoms with Gasteiger partial charge in [-0.05, 0) is 47.7 Å². The van der Waals surface area contributed by atoms with Crippen molar-refractivity contribution < 1.29 is 14.3 Å². The average molecular weight is 548 g/mol. The highest BCUT2D eigenvalue weighted by molar-refractivity contribution is 7.11. The fourth-order valence-corrected chi connectivity index (χ4v) is 5.60. The van der Waals surface area contributed by atoms with E-state index in [2.05, 4.69) is 44.7 Å². The maximum Gasteiger partial charge on any atom is 0.254 e. The van der Waals surface area contributed by atoms with Gasteiger partial charge in [-0.1, -0.05) is 63.2 Å². The smallest absolute Gasteiger partial charge is 0.254 e. The van der Waals surface area contributed by atoms with E-state index in [-0.39, 0.29) is 23.8 Å². The number of rotatable bonds is 10. The fourth-order valence-electron chi connectivity index (χ4n) is 4.69. The summed E-state index contributed by atoms with van der Waals surface area (Å²) < 4.78 is 5.49. The monoisotopic (exact) mass is 547 g/mol. The third-order valence-electron chi connectivity index (χ3n) is 7.11. The average Bonchev–Trinajstić information content (AvgIpc) is 3.35. The topological polar surface area (TPSA) is 53.1 Å². The van der Waals surface area contributed by atoms with Crippen molar-refractivity contribution in [2.45, 2.75) is 46.2 Å². The number of thiophene rings is 1. The van der Waals surface area contributed by atoms with Crippen LogP contribution in [0.25, 0.3) is 0 Å². The molecule has 7 heteroatoms. The molecule has 0 aliphatic carbocycles. The van der Waals surface area contributed by atoms with E-state index in [0.717, 1.165) is 23.5 Å². The summed E-state index contributed by atoms with van der Waals surface area (Å²) in [6.07, 6.45) is 0. The van der Waals surface area contributed by atoms with Gasteiger partial charge in [-0.2, -0.15) is 0 Å². The molecule has 6 nitrogen and oxygen atoms in total. The van der Waals surface area contributed by atoms with Gasteiger partial charge in [-0.25, -0.2) is 0 Å². The van der Waals surface area contributed by atoms with E-state index in [4.69, 9.17) is 4.74 Å². The first-order valence-electron chi connectivity index (χ1n) is 13.8. The molecule has 1 aromatic heterocycles. The minimum absolute atomic E-state index is 0.00561. The van der Waals surface area contributed by atoms with Crippen LogP contribution in [0.3, 0.4) is 0 Å². The van der Waals surface area contributed by atoms with Crippen molar-refractivity contribution in [3.63, 3.8) is 0 Å². The normalized spacial score (nSPS) is 14.3. The lowest BCUT2D eigenvalue weighted by molar-refractivity contribution is -0.133. The van der Waals surface area contributed by atoms with Crippen molar-refractivity contribution in [3.8, 4) is 0 Å². The molecule has 0 radical (unpaired) electrons. The van der Waals surface area contributed by atoms with Crippen LogP contribution in [-0.2, 0) is 28.0 Å². The molecule has 4 rings (SSSR count). The van der Waals surface area contributed by atoms with Gasteiger partial charge in [0.15, 0.2) is 0 Å². The molecule has 1 aliphatic rings. The second-order valence-electron chi connectivity index (χ2n) is 11.3. The van der Waals surface area contributed by atoms with E-state index in [1.807, 2.05) is 59.5 Å². The Balaban J connectivity index is 1.54. The van der Waals surface area contributed by atoms with Crippen molar-refractivity contribution >= 4 is 23.2 Å². The highest BCUT2D eigenvalue weighted by Crippen LogP contribution is 2.23. The molecule has 0 bridgehead atoms. The van der Waals surface area contributed by atoms with Crippen LogP contribution in [0.1, 0.15) is 52.0 Å². The standard InChI is InChI=1S/C32H41N3O3S/c1-25-10-15-29(39-25)23-35(22-26-8-6-5-7-9-26)30(36)24-34(17-16-33-18-20-38-21-19-33)31(37)27-11-13-28(14-12-27)32(2,3)4/h5-15H,16-24H2,1-4H3. The van der Waals surface area contributed by atoms with Gasteiger partial charge in [0.1, 0.15) is 6.54 Å². The molecule has 39 heavy (non-hydrogen) atoms. The van der Waals surface area contributed by atoms with Gasteiger partial charge in [0, 0.05) is 48.0 Å². The number of carbonyl (C=O) groups excluding carboxylic acids is 2. The van der Waals surface area contributed by atoms with Gasteiger partial charge in [-0.3, -0.25) is 14.5 Å². The number of carbonyl (C=O) groups is 2. The number of ether oxygens (including phenoxy) is 1. The lowest BCUT2D eigenvalue weighted by atomic mass is 9.86. The van der Waals surface area contributed by atoms with Crippen LogP contribution in [0.2, 0.25) is 0 Å². The summed E-state index contributed by atoms with van der Waals surface area (Å²) in [6.45, 7) is 13.9. The zero-order valence-electron chi connectivity index (χ0n) is 23.7. The third kappa shape index (κ3) is 8.49. The summed E-state index contributed by atoms with van der Waals surface area (Å²) in [7, 11) is 0. The first-order valence-corrected chi connectivity index (χ1v) is 14.6. The zero-order valence-corrected chi connectivity index (χ0v) is 24.5. The number of hydrogen-bond acceptors (Lipinski definition) is 5. The van der Waals surface area contributed by atoms with Crippen LogP contribution in [0.4, 0.5) is 0 Å². The highest BCUT2D eigenvalue weighted by atomic mass is 32.1. The number of benzene rings is 2. The molecule has 1 fully saturated rings. The maximum atomic E-state index is 13.8. The van der Waals surface area contributed by atoms with Crippen molar-refractivity contribution in [1.82, 2.24) is 14.7 Å². The first-order chi connectivity index (χ1) is 18.7. The minimum Gasteiger partial charge on any atom is -0.379 e. The molecule has 2 heterocycles. The first kappa shape index (κ1) is 29.0. The van der Waals surface area contributed by atoms with E-state index in [0.29, 0.717) is 45.0 Å². The summed E-state index contributed by atoms with van der Waals surface area (Å²) in [5, 5.41) is 0. The zero-order chi connectivity index (χ0) is 27.8. The van der Waals surface area contributed by atoms with Gasteiger partial charge in [0.25, 0.3) is 5.91 Å². The lowest BCUT2D eigenvalue weighted by Gasteiger charge is -2.31. The molecule has 2 amide bonds. The molecular weight excluding hydrogens is 506 g/mol. The SMILES string of the molecule is Cc1ccc(CN(Cc2ccccc2)C(=O)CN(CCN2CCOCC2)C(=O)c2ccc(C(C)(C)C)cc2)s1. The van der Waals surface area contributed by atoms with Crippen LogP contribution in [0, 0.1) is 6.92 Å². The number of morpholine rings is 1. The van der Waals surface area contributed by atoms with E-state index in [1.54, 1.807) is 16.2 Å². The molecule has 208 valence electrons. The van der Waals surface area contributed by atoms with E-state index in [1.165, 1.54) is 10.4 Å². The summed E-state index contributed by atoms with van der Waals surface area (Å²) >= 11 is 1.71. The quantitative estimate of drug-likeness (QED) is 0.343. The van der Waals surface area contributed by atoms with Crippen LogP contribution in [0.5, 0.6) is 0 Å². The Bertz CT molecular complexity index is 1210. The molecule has 0 unspecified atom stereocenters. The Hall–Kier alpha value is -3.00. The minimum atomic E-state index is -0.108. The lowest BCUT2D eigenvalue weighted by Crippen LogP contribution is -2.47. The van der Waals surface area contributed by atoms with Crippen LogP contribution < -0.4 is 0 Å². The van der Waals surface area contributed by atoms with Crippen molar-refractivity contribution in [3.05, 3.63) is 93.2 Å². The Morgan fingerprint density at radius 2 is 1.59 bits per heavy atom. The molecule has 0 atom stereocenters. The summed E-state index contributed by atoms with van der Waals surface area (Å²) in [5.41, 5.74) is 2.87. The van der Waals surface area contributed by atoms with Crippen LogP contribution in [0.15, 0.2) is 66.7 Å². The highest BCUT2D eigenvalue weighted by Gasteiger charge is 2.25. The predicted molar refractivity (Wildman–Crippen MR) is 158 cm³/mol. The second kappa shape index (κ2) is 13.4. The van der Waals surface area contributed by atoms with Gasteiger partial charge in [-0.15, -0.1) is 11.3 Å². The number of nitrogens with zero attached hydrogens (tertiary/aromatic N) is 3. The van der Waals surface area contributed by atoms with Crippen molar-refractivity contribution in [1.29, 1.82) is 0 Å². The van der Waals surface area contributed by atoms with Crippen LogP contribution >= 0.6 is 11.3 Å². The second-order valence-corrected chi connectivity index (χ2v) is 12.6. The molecule has 3 aromatic rings. The Labute approximate surface area is 237 Å². The fraction of sp³-hybridized carbons (Fsp3) is 0.438. The summed E-state index contributed by atoms with van der Waals surface area (Å²) in [4.78, 5) is 35.9. The molecule has 0 saturated carbocycles. The van der Waals surface area contributed by atoms with Gasteiger partial charge in [0.05, 0.1) is 19.8 Å². The van der Waals surface area contributed by atoms with E-state index >= 15 is 0 Å². The van der Waals surface area contributed by atoms with Gasteiger partial charge < -0.3 is 14.5 Å². The number of aryl methyl sites for hydroxylation is 1.